The smallest absolute Gasteiger partial charge is 0.0562 e. The Kier molecular flexibility index (Phi) is 6.56. The minimum absolute atomic E-state index is 0.0836. The highest BCUT2D eigenvalue weighted by atomic mass is 15.2. The number of hydrogen-bond donors (Lipinski definition) is 0. The van der Waals surface area contributed by atoms with Crippen LogP contribution in [0, 0.1) is 0 Å². The van der Waals surface area contributed by atoms with Gasteiger partial charge in [-0.2, -0.15) is 0 Å². The minimum atomic E-state index is -0.0836. The fourth-order valence-corrected chi connectivity index (χ4v) is 8.64. The summed E-state index contributed by atoms with van der Waals surface area (Å²) in [7, 11) is 0. The second kappa shape index (κ2) is 11.3. The van der Waals surface area contributed by atoms with Crippen molar-refractivity contribution in [2.24, 2.45) is 0 Å². The lowest BCUT2D eigenvalue weighted by molar-refractivity contribution is 0.660. The van der Waals surface area contributed by atoms with Crippen molar-refractivity contribution >= 4 is 49.6 Å². The topological polar surface area (TPSA) is 8.17 Å². The molecule has 0 aliphatic heterocycles. The molecule has 0 fully saturated rings. The van der Waals surface area contributed by atoms with Crippen molar-refractivity contribution in [2.75, 3.05) is 4.90 Å². The van der Waals surface area contributed by atoms with Crippen molar-refractivity contribution in [3.05, 3.63) is 193 Å². The number of nitrogens with zero attached hydrogens (tertiary/aromatic N) is 2. The van der Waals surface area contributed by atoms with Crippen LogP contribution in [0.25, 0.3) is 60.5 Å². The molecule has 9 aromatic rings. The molecule has 0 saturated carbocycles. The predicted octanol–water partition coefficient (Wildman–Crippen LogP) is 13.4. The molecule has 0 radical (unpaired) electrons. The van der Waals surface area contributed by atoms with Crippen LogP contribution in [-0.2, 0) is 5.41 Å². The number of benzene rings is 8. The van der Waals surface area contributed by atoms with Crippen LogP contribution in [0.3, 0.4) is 0 Å². The van der Waals surface area contributed by atoms with Gasteiger partial charge in [0.05, 0.1) is 22.4 Å². The summed E-state index contributed by atoms with van der Waals surface area (Å²) in [4.78, 5) is 2.50. The van der Waals surface area contributed by atoms with Gasteiger partial charge in [-0.25, -0.2) is 0 Å². The van der Waals surface area contributed by atoms with Crippen molar-refractivity contribution in [3.63, 3.8) is 0 Å². The van der Waals surface area contributed by atoms with E-state index in [1.807, 2.05) is 0 Å². The molecule has 1 aromatic heterocycles. The molecule has 0 atom stereocenters. The van der Waals surface area contributed by atoms with E-state index in [2.05, 4.69) is 205 Å². The molecule has 0 saturated heterocycles. The van der Waals surface area contributed by atoms with Gasteiger partial charge in [-0.15, -0.1) is 0 Å². The monoisotopic (exact) mass is 652 g/mol. The Morgan fingerprint density at radius 3 is 1.96 bits per heavy atom. The largest absolute Gasteiger partial charge is 0.309 e. The number of aromatic nitrogens is 1. The Morgan fingerprint density at radius 2 is 1.08 bits per heavy atom. The SMILES string of the molecule is CC1(C)c2ccccc2-c2c(-c3ccccc3N(c3ccc4ccccc4c3)c3cccc4c3c3ccccc3n4-c3ccccc3)cccc21. The number of hydrogen-bond acceptors (Lipinski definition) is 1. The molecule has 0 unspecified atom stereocenters. The van der Waals surface area contributed by atoms with E-state index in [1.54, 1.807) is 0 Å². The highest BCUT2D eigenvalue weighted by molar-refractivity contribution is 6.17. The van der Waals surface area contributed by atoms with Crippen LogP contribution in [0.4, 0.5) is 17.1 Å². The molecular formula is C49H36N2. The second-order valence-electron chi connectivity index (χ2n) is 14.1. The third kappa shape index (κ3) is 4.43. The summed E-state index contributed by atoms with van der Waals surface area (Å²) in [6, 6.07) is 66.7. The van der Waals surface area contributed by atoms with E-state index in [-0.39, 0.29) is 5.41 Å². The molecule has 242 valence electrons. The third-order valence-corrected chi connectivity index (χ3v) is 11.0. The van der Waals surface area contributed by atoms with Crippen LogP contribution in [0.2, 0.25) is 0 Å². The number of rotatable bonds is 5. The molecule has 1 aliphatic carbocycles. The van der Waals surface area contributed by atoms with Crippen LogP contribution in [-0.4, -0.2) is 4.57 Å². The van der Waals surface area contributed by atoms with E-state index in [1.165, 1.54) is 66.0 Å². The lowest BCUT2D eigenvalue weighted by Crippen LogP contribution is -2.15. The summed E-state index contributed by atoms with van der Waals surface area (Å²) in [5.41, 5.74) is 14.7. The average molecular weight is 653 g/mol. The summed E-state index contributed by atoms with van der Waals surface area (Å²) >= 11 is 0. The molecule has 0 N–H and O–H groups in total. The number of para-hydroxylation sites is 3. The number of anilines is 3. The van der Waals surface area contributed by atoms with Gasteiger partial charge in [0.1, 0.15) is 0 Å². The summed E-state index contributed by atoms with van der Waals surface area (Å²) in [5.74, 6) is 0. The molecule has 51 heavy (non-hydrogen) atoms. The highest BCUT2D eigenvalue weighted by Crippen LogP contribution is 2.54. The summed E-state index contributed by atoms with van der Waals surface area (Å²) in [6.07, 6.45) is 0. The standard InChI is InChI=1S/C49H36N2/c1-49(2)41-24-11-8-21-39(41)47-38(23-14-25-42(47)49)37-20-9-12-26-43(37)51(36-31-30-33-16-6-7-17-34(33)32-36)46-29-15-28-45-48(46)40-22-10-13-27-44(40)50(45)35-18-4-3-5-19-35/h3-32H,1-2H3. The van der Waals surface area contributed by atoms with Crippen LogP contribution in [0.5, 0.6) is 0 Å². The molecule has 8 aromatic carbocycles. The summed E-state index contributed by atoms with van der Waals surface area (Å²) in [5, 5.41) is 4.90. The Labute approximate surface area is 298 Å². The van der Waals surface area contributed by atoms with Crippen LogP contribution >= 0.6 is 0 Å². The van der Waals surface area contributed by atoms with Crippen molar-refractivity contribution in [1.82, 2.24) is 4.57 Å². The predicted molar refractivity (Wildman–Crippen MR) is 216 cm³/mol. The van der Waals surface area contributed by atoms with E-state index in [0.29, 0.717) is 0 Å². The zero-order chi connectivity index (χ0) is 34.1. The second-order valence-corrected chi connectivity index (χ2v) is 14.1. The fraction of sp³-hybridized carbons (Fsp3) is 0.0612. The molecule has 1 aliphatic rings. The Balaban J connectivity index is 1.30. The Hall–Kier alpha value is -6.38. The molecule has 10 rings (SSSR count). The van der Waals surface area contributed by atoms with Crippen molar-refractivity contribution in [1.29, 1.82) is 0 Å². The third-order valence-electron chi connectivity index (χ3n) is 11.0. The van der Waals surface area contributed by atoms with Crippen LogP contribution < -0.4 is 4.90 Å². The lowest BCUT2D eigenvalue weighted by atomic mass is 9.82. The van der Waals surface area contributed by atoms with Gasteiger partial charge in [-0.1, -0.05) is 147 Å². The van der Waals surface area contributed by atoms with Crippen molar-refractivity contribution in [3.8, 4) is 27.9 Å². The first kappa shape index (κ1) is 29.5. The molecular weight excluding hydrogens is 617 g/mol. The van der Waals surface area contributed by atoms with E-state index in [4.69, 9.17) is 0 Å². The maximum absolute atomic E-state index is 2.50. The van der Waals surface area contributed by atoms with Crippen LogP contribution in [0.1, 0.15) is 25.0 Å². The van der Waals surface area contributed by atoms with Gasteiger partial charge < -0.3 is 9.47 Å². The van der Waals surface area contributed by atoms with E-state index in [0.717, 1.165) is 22.7 Å². The van der Waals surface area contributed by atoms with Gasteiger partial charge in [0.25, 0.3) is 0 Å². The van der Waals surface area contributed by atoms with Gasteiger partial charge in [0.15, 0.2) is 0 Å². The van der Waals surface area contributed by atoms with E-state index < -0.39 is 0 Å². The van der Waals surface area contributed by atoms with Crippen LogP contribution in [0.15, 0.2) is 182 Å². The van der Waals surface area contributed by atoms with Crippen molar-refractivity contribution in [2.45, 2.75) is 19.3 Å². The van der Waals surface area contributed by atoms with Gasteiger partial charge in [-0.05, 0) is 87.1 Å². The lowest BCUT2D eigenvalue weighted by Gasteiger charge is -2.29. The van der Waals surface area contributed by atoms with Gasteiger partial charge in [0.2, 0.25) is 0 Å². The number of fused-ring (bicyclic) bond motifs is 7. The van der Waals surface area contributed by atoms with Gasteiger partial charge in [-0.3, -0.25) is 0 Å². The van der Waals surface area contributed by atoms with Crippen molar-refractivity contribution < 1.29 is 0 Å². The van der Waals surface area contributed by atoms with E-state index >= 15 is 0 Å². The quantitative estimate of drug-likeness (QED) is 0.180. The average Bonchev–Trinajstić information content (AvgIpc) is 3.65. The fourth-order valence-electron chi connectivity index (χ4n) is 8.64. The molecule has 2 nitrogen and oxygen atoms in total. The maximum atomic E-state index is 2.50. The first-order chi connectivity index (χ1) is 25.1. The first-order valence-corrected chi connectivity index (χ1v) is 17.8. The molecule has 1 heterocycles. The Bertz CT molecular complexity index is 2790. The molecule has 0 spiro atoms. The normalized spacial score (nSPS) is 13.1. The zero-order valence-corrected chi connectivity index (χ0v) is 28.7. The summed E-state index contributed by atoms with van der Waals surface area (Å²) < 4.78 is 2.40. The Morgan fingerprint density at radius 1 is 0.451 bits per heavy atom. The minimum Gasteiger partial charge on any atom is -0.309 e. The molecule has 0 bridgehead atoms. The first-order valence-electron chi connectivity index (χ1n) is 17.8. The zero-order valence-electron chi connectivity index (χ0n) is 28.7. The van der Waals surface area contributed by atoms with Gasteiger partial charge >= 0.3 is 0 Å². The highest BCUT2D eigenvalue weighted by Gasteiger charge is 2.37. The molecule has 0 amide bonds. The van der Waals surface area contributed by atoms with E-state index in [9.17, 15) is 0 Å². The maximum Gasteiger partial charge on any atom is 0.0562 e. The van der Waals surface area contributed by atoms with Gasteiger partial charge in [0, 0.05) is 33.1 Å². The molecule has 2 heteroatoms. The summed E-state index contributed by atoms with van der Waals surface area (Å²) in [6.45, 7) is 4.72.